The van der Waals surface area contributed by atoms with Crippen LogP contribution in [0, 0.1) is 13.8 Å². The van der Waals surface area contributed by atoms with E-state index in [9.17, 15) is 13.2 Å². The normalized spacial score (nSPS) is 11.4. The Balaban J connectivity index is 2.09. The van der Waals surface area contributed by atoms with Gasteiger partial charge in [0, 0.05) is 30.5 Å². The quantitative estimate of drug-likeness (QED) is 0.787. The molecule has 0 aliphatic rings. The Bertz CT molecular complexity index is 777. The van der Waals surface area contributed by atoms with Crippen LogP contribution in [0.2, 0.25) is 0 Å². The molecule has 3 N–H and O–H groups in total. The van der Waals surface area contributed by atoms with Crippen LogP contribution in [0.4, 0.5) is 5.69 Å². The van der Waals surface area contributed by atoms with Gasteiger partial charge in [0.15, 0.2) is 0 Å². The predicted molar refractivity (Wildman–Crippen MR) is 85.0 cm³/mol. The molecule has 118 valence electrons. The number of rotatable bonds is 5. The van der Waals surface area contributed by atoms with Crippen LogP contribution in [-0.2, 0) is 21.4 Å². The number of anilines is 1. The van der Waals surface area contributed by atoms with Crippen molar-refractivity contribution in [1.29, 1.82) is 0 Å². The Morgan fingerprint density at radius 3 is 2.32 bits per heavy atom. The molecule has 0 fully saturated rings. The first-order chi connectivity index (χ1) is 10.3. The van der Waals surface area contributed by atoms with Gasteiger partial charge in [-0.1, -0.05) is 0 Å². The number of amides is 1. The largest absolute Gasteiger partial charge is 0.362 e. The molecule has 0 bridgehead atoms. The molecule has 0 aliphatic carbocycles. The first-order valence-corrected chi connectivity index (χ1v) is 8.28. The lowest BCUT2D eigenvalue weighted by Gasteiger charge is -2.08. The van der Waals surface area contributed by atoms with Gasteiger partial charge in [-0.05, 0) is 49.7 Å². The van der Waals surface area contributed by atoms with Gasteiger partial charge in [0.2, 0.25) is 15.9 Å². The fourth-order valence-electron chi connectivity index (χ4n) is 2.14. The van der Waals surface area contributed by atoms with E-state index in [1.165, 1.54) is 19.1 Å². The number of nitrogens with one attached hydrogen (secondary N) is 3. The summed E-state index contributed by atoms with van der Waals surface area (Å²) < 4.78 is 27.1. The zero-order chi connectivity index (χ0) is 16.3. The number of aryl methyl sites for hydroxylation is 2. The number of hydrogen-bond donors (Lipinski definition) is 3. The van der Waals surface area contributed by atoms with Gasteiger partial charge in [-0.3, -0.25) is 4.79 Å². The number of carbonyl (C=O) groups is 1. The lowest BCUT2D eigenvalue weighted by Crippen LogP contribution is -2.23. The van der Waals surface area contributed by atoms with E-state index in [1.807, 2.05) is 19.9 Å². The zero-order valence-corrected chi connectivity index (χ0v) is 13.5. The third-order valence-corrected chi connectivity index (χ3v) is 4.61. The van der Waals surface area contributed by atoms with Gasteiger partial charge >= 0.3 is 0 Å². The number of aromatic nitrogens is 1. The third-order valence-electron chi connectivity index (χ3n) is 3.19. The van der Waals surface area contributed by atoms with E-state index in [2.05, 4.69) is 15.0 Å². The lowest BCUT2D eigenvalue weighted by molar-refractivity contribution is -0.114. The first kappa shape index (κ1) is 16.3. The molecule has 7 heteroatoms. The maximum absolute atomic E-state index is 12.2. The van der Waals surface area contributed by atoms with Crippen LogP contribution in [-0.4, -0.2) is 19.3 Å². The van der Waals surface area contributed by atoms with Gasteiger partial charge in [-0.2, -0.15) is 0 Å². The molecule has 2 aromatic rings. The van der Waals surface area contributed by atoms with E-state index in [0.29, 0.717) is 5.69 Å². The molecule has 1 aromatic carbocycles. The number of carbonyl (C=O) groups excluding carboxylic acids is 1. The molecule has 22 heavy (non-hydrogen) atoms. The number of H-pyrrole nitrogens is 1. The molecular weight excluding hydrogens is 302 g/mol. The predicted octanol–water partition coefficient (Wildman–Crippen LogP) is 2.07. The Hall–Kier alpha value is -2.12. The summed E-state index contributed by atoms with van der Waals surface area (Å²) in [4.78, 5) is 14.2. The summed E-state index contributed by atoms with van der Waals surface area (Å²) in [5.41, 5.74) is 3.41. The second-order valence-electron chi connectivity index (χ2n) is 5.13. The summed E-state index contributed by atoms with van der Waals surface area (Å²) in [6.07, 6.45) is 0. The molecule has 1 heterocycles. The molecule has 1 aromatic heterocycles. The van der Waals surface area contributed by atoms with Crippen LogP contribution < -0.4 is 10.0 Å². The molecule has 0 radical (unpaired) electrons. The fraction of sp³-hybridized carbons (Fsp3) is 0.267. The Labute approximate surface area is 130 Å². The van der Waals surface area contributed by atoms with Crippen LogP contribution in [0.5, 0.6) is 0 Å². The standard InChI is InChI=1S/C15H19N3O3S/c1-10-8-13(11(2)17-10)9-16-22(20,21)15-6-4-14(5-7-15)18-12(3)19/h4-8,16-17H,9H2,1-3H3,(H,18,19). The van der Waals surface area contributed by atoms with Crippen molar-refractivity contribution in [1.82, 2.24) is 9.71 Å². The van der Waals surface area contributed by atoms with Gasteiger partial charge in [0.05, 0.1) is 4.90 Å². The highest BCUT2D eigenvalue weighted by Gasteiger charge is 2.14. The molecule has 0 spiro atoms. The summed E-state index contributed by atoms with van der Waals surface area (Å²) in [5, 5.41) is 2.59. The van der Waals surface area contributed by atoms with Crippen LogP contribution in [0.1, 0.15) is 23.9 Å². The smallest absolute Gasteiger partial charge is 0.240 e. The monoisotopic (exact) mass is 321 g/mol. The molecule has 0 saturated carbocycles. The molecule has 0 saturated heterocycles. The van der Waals surface area contributed by atoms with Crippen molar-refractivity contribution in [3.05, 3.63) is 47.3 Å². The molecule has 0 aliphatic heterocycles. The summed E-state index contributed by atoms with van der Waals surface area (Å²) in [7, 11) is -3.59. The Kier molecular flexibility index (Phi) is 4.68. The van der Waals surface area contributed by atoms with Gasteiger partial charge in [-0.25, -0.2) is 13.1 Å². The topological polar surface area (TPSA) is 91.1 Å². The number of sulfonamides is 1. The van der Waals surface area contributed by atoms with Crippen molar-refractivity contribution < 1.29 is 13.2 Å². The zero-order valence-electron chi connectivity index (χ0n) is 12.7. The summed E-state index contributed by atoms with van der Waals surface area (Å²) >= 11 is 0. The molecular formula is C15H19N3O3S. The van der Waals surface area contributed by atoms with E-state index in [4.69, 9.17) is 0 Å². The molecule has 2 rings (SSSR count). The Morgan fingerprint density at radius 2 is 1.82 bits per heavy atom. The van der Waals surface area contributed by atoms with E-state index in [1.54, 1.807) is 12.1 Å². The molecule has 6 nitrogen and oxygen atoms in total. The summed E-state index contributed by atoms with van der Waals surface area (Å²) in [6, 6.07) is 7.95. The summed E-state index contributed by atoms with van der Waals surface area (Å²) in [5.74, 6) is -0.202. The highest BCUT2D eigenvalue weighted by molar-refractivity contribution is 7.89. The number of benzene rings is 1. The van der Waals surface area contributed by atoms with Gasteiger partial charge in [0.25, 0.3) is 0 Å². The average molecular weight is 321 g/mol. The van der Waals surface area contributed by atoms with Crippen LogP contribution in [0.25, 0.3) is 0 Å². The van der Waals surface area contributed by atoms with Crippen molar-refractivity contribution in [2.24, 2.45) is 0 Å². The van der Waals surface area contributed by atoms with Crippen molar-refractivity contribution in [3.8, 4) is 0 Å². The van der Waals surface area contributed by atoms with E-state index < -0.39 is 10.0 Å². The minimum absolute atomic E-state index is 0.159. The maximum Gasteiger partial charge on any atom is 0.240 e. The average Bonchev–Trinajstić information content (AvgIpc) is 2.75. The number of aromatic amines is 1. The summed E-state index contributed by atoms with van der Waals surface area (Å²) in [6.45, 7) is 5.45. The van der Waals surface area contributed by atoms with Crippen molar-refractivity contribution in [3.63, 3.8) is 0 Å². The number of hydrogen-bond acceptors (Lipinski definition) is 3. The molecule has 0 unspecified atom stereocenters. The van der Waals surface area contributed by atoms with Crippen LogP contribution in [0.15, 0.2) is 35.2 Å². The minimum atomic E-state index is -3.59. The minimum Gasteiger partial charge on any atom is -0.362 e. The first-order valence-electron chi connectivity index (χ1n) is 6.80. The second-order valence-corrected chi connectivity index (χ2v) is 6.90. The van der Waals surface area contributed by atoms with E-state index in [-0.39, 0.29) is 17.3 Å². The molecule has 0 atom stereocenters. The van der Waals surface area contributed by atoms with Crippen molar-refractivity contribution >= 4 is 21.6 Å². The van der Waals surface area contributed by atoms with Gasteiger partial charge in [0.1, 0.15) is 0 Å². The van der Waals surface area contributed by atoms with Crippen molar-refractivity contribution in [2.75, 3.05) is 5.32 Å². The SMILES string of the molecule is CC(=O)Nc1ccc(S(=O)(=O)NCc2cc(C)[nH]c2C)cc1. The van der Waals surface area contributed by atoms with Gasteiger partial charge < -0.3 is 10.3 Å². The van der Waals surface area contributed by atoms with Crippen molar-refractivity contribution in [2.45, 2.75) is 32.2 Å². The van der Waals surface area contributed by atoms with Gasteiger partial charge in [-0.15, -0.1) is 0 Å². The fourth-order valence-corrected chi connectivity index (χ4v) is 3.15. The lowest BCUT2D eigenvalue weighted by atomic mass is 10.2. The highest BCUT2D eigenvalue weighted by Crippen LogP contribution is 2.15. The molecule has 1 amide bonds. The highest BCUT2D eigenvalue weighted by atomic mass is 32.2. The second kappa shape index (κ2) is 6.33. The van der Waals surface area contributed by atoms with E-state index >= 15 is 0 Å². The van der Waals surface area contributed by atoms with Crippen LogP contribution in [0.3, 0.4) is 0 Å². The maximum atomic E-state index is 12.2. The third kappa shape index (κ3) is 3.96. The van der Waals surface area contributed by atoms with E-state index in [0.717, 1.165) is 17.0 Å². The van der Waals surface area contributed by atoms with Crippen LogP contribution >= 0.6 is 0 Å². The Morgan fingerprint density at radius 1 is 1.18 bits per heavy atom.